The van der Waals surface area contributed by atoms with Crippen LogP contribution < -0.4 is 10.6 Å². The fourth-order valence-electron chi connectivity index (χ4n) is 6.06. The number of likely N-dealkylation sites (tertiary alicyclic amines) is 1. The molecule has 1 fully saturated rings. The van der Waals surface area contributed by atoms with Crippen LogP contribution in [0.1, 0.15) is 44.6 Å². The van der Waals surface area contributed by atoms with Gasteiger partial charge < -0.3 is 15.5 Å². The van der Waals surface area contributed by atoms with Gasteiger partial charge in [0.1, 0.15) is 0 Å². The van der Waals surface area contributed by atoms with E-state index < -0.39 is 0 Å². The van der Waals surface area contributed by atoms with E-state index in [1.165, 1.54) is 12.8 Å². The highest BCUT2D eigenvalue weighted by atomic mass is 16.2. The molecule has 1 aromatic carbocycles. The third-order valence-corrected chi connectivity index (χ3v) is 7.51. The summed E-state index contributed by atoms with van der Waals surface area (Å²) >= 11 is 0. The lowest BCUT2D eigenvalue weighted by atomic mass is 9.78. The van der Waals surface area contributed by atoms with Gasteiger partial charge in [-0.05, 0) is 67.2 Å². The Kier molecular flexibility index (Phi) is 5.84. The Bertz CT molecular complexity index is 931. The molecule has 2 heterocycles. The highest BCUT2D eigenvalue weighted by Crippen LogP contribution is 2.50. The molecule has 3 atom stereocenters. The van der Waals surface area contributed by atoms with Crippen LogP contribution in [0.5, 0.6) is 0 Å². The van der Waals surface area contributed by atoms with Gasteiger partial charge in [-0.25, -0.2) is 0 Å². The monoisotopic (exact) mass is 418 g/mol. The smallest absolute Gasteiger partial charge is 0.227 e. The fraction of sp³-hybridized carbons (Fsp3) is 0.538. The number of allylic oxidation sites excluding steroid dienone is 3. The summed E-state index contributed by atoms with van der Waals surface area (Å²) in [5, 5.41) is 6.63. The molecular weight excluding hydrogens is 384 g/mol. The predicted octanol–water partition coefficient (Wildman–Crippen LogP) is 4.14. The van der Waals surface area contributed by atoms with Crippen LogP contribution in [0.15, 0.2) is 52.6 Å². The van der Waals surface area contributed by atoms with E-state index in [0.717, 1.165) is 68.6 Å². The van der Waals surface area contributed by atoms with Gasteiger partial charge in [0.05, 0.1) is 6.42 Å². The maximum atomic E-state index is 13.2. The van der Waals surface area contributed by atoms with E-state index in [1.807, 2.05) is 12.1 Å². The molecule has 0 saturated carbocycles. The molecule has 1 aromatic rings. The van der Waals surface area contributed by atoms with Gasteiger partial charge in [-0.3, -0.25) is 9.79 Å². The van der Waals surface area contributed by atoms with Crippen LogP contribution in [0, 0.1) is 17.8 Å². The molecule has 5 rings (SSSR count). The number of hydrogen-bond donors (Lipinski definition) is 2. The summed E-state index contributed by atoms with van der Waals surface area (Å²) in [7, 11) is 0. The fourth-order valence-corrected chi connectivity index (χ4v) is 6.06. The summed E-state index contributed by atoms with van der Waals surface area (Å²) in [6.45, 7) is 5.95. The van der Waals surface area contributed by atoms with Crippen LogP contribution in [0.4, 0.5) is 5.69 Å². The van der Waals surface area contributed by atoms with Gasteiger partial charge in [0.2, 0.25) is 5.91 Å². The molecule has 2 unspecified atom stereocenters. The van der Waals surface area contributed by atoms with Crippen molar-refractivity contribution >= 4 is 17.6 Å². The van der Waals surface area contributed by atoms with Crippen molar-refractivity contribution in [3.63, 3.8) is 0 Å². The number of hydrogen-bond acceptors (Lipinski definition) is 4. The minimum Gasteiger partial charge on any atom is -0.356 e. The van der Waals surface area contributed by atoms with Crippen molar-refractivity contribution in [3.8, 4) is 0 Å². The molecule has 1 saturated heterocycles. The summed E-state index contributed by atoms with van der Waals surface area (Å²) in [5.74, 6) is 3.10. The first-order chi connectivity index (χ1) is 15.2. The van der Waals surface area contributed by atoms with Gasteiger partial charge in [0.25, 0.3) is 0 Å². The van der Waals surface area contributed by atoms with Gasteiger partial charge in [-0.15, -0.1) is 0 Å². The quantitative estimate of drug-likeness (QED) is 0.773. The van der Waals surface area contributed by atoms with Gasteiger partial charge in [-0.2, -0.15) is 0 Å². The van der Waals surface area contributed by atoms with E-state index in [9.17, 15) is 4.79 Å². The standard InChI is InChI=1S/C26H34N4O/c1-2-20-21-9-3-4-10-22(21)24-17-30(14-11-23(20)24)25(31)16-18-7-5-8-19(15-18)29-26-27-12-6-13-28-26/h3,5,7-9,15,20,23-24H,2,4,6,10-14,16-17H2,1H3,(H2,27,28,29)/t20-,23?,24?/m1/s1. The summed E-state index contributed by atoms with van der Waals surface area (Å²) < 4.78 is 0. The van der Waals surface area contributed by atoms with Gasteiger partial charge >= 0.3 is 0 Å². The Hall–Kier alpha value is -2.56. The predicted molar refractivity (Wildman–Crippen MR) is 126 cm³/mol. The third kappa shape index (κ3) is 4.15. The van der Waals surface area contributed by atoms with Crippen molar-refractivity contribution in [2.75, 3.05) is 31.5 Å². The van der Waals surface area contributed by atoms with Crippen LogP contribution in [0.2, 0.25) is 0 Å². The van der Waals surface area contributed by atoms with Crippen LogP contribution in [-0.4, -0.2) is 42.9 Å². The second-order valence-electron chi connectivity index (χ2n) is 9.35. The molecule has 1 amide bonds. The minimum atomic E-state index is 0.261. The number of carbonyl (C=O) groups excluding carboxylic acids is 1. The lowest BCUT2D eigenvalue weighted by Crippen LogP contribution is -2.44. The van der Waals surface area contributed by atoms with Crippen LogP contribution in [0.3, 0.4) is 0 Å². The van der Waals surface area contributed by atoms with Crippen molar-refractivity contribution in [1.29, 1.82) is 0 Å². The van der Waals surface area contributed by atoms with Gasteiger partial charge in [0, 0.05) is 37.8 Å². The first-order valence-corrected chi connectivity index (χ1v) is 12.0. The zero-order valence-corrected chi connectivity index (χ0v) is 18.6. The van der Waals surface area contributed by atoms with E-state index >= 15 is 0 Å². The number of carbonyl (C=O) groups is 1. The molecular formula is C26H34N4O. The second-order valence-corrected chi connectivity index (χ2v) is 9.35. The van der Waals surface area contributed by atoms with Crippen molar-refractivity contribution in [1.82, 2.24) is 10.2 Å². The van der Waals surface area contributed by atoms with Gasteiger partial charge in [-0.1, -0.05) is 36.8 Å². The topological polar surface area (TPSA) is 56.7 Å². The van der Waals surface area contributed by atoms with Crippen molar-refractivity contribution < 1.29 is 4.79 Å². The lowest BCUT2D eigenvalue weighted by Gasteiger charge is -2.38. The van der Waals surface area contributed by atoms with E-state index in [4.69, 9.17) is 0 Å². The molecule has 2 N–H and O–H groups in total. The SMILES string of the molecule is CC[C@@H]1C2=C(CCC=C2)C2CN(C(=O)Cc3cccc(NC4=NCCCN4)c3)CCC21. The summed E-state index contributed by atoms with van der Waals surface area (Å²) in [4.78, 5) is 19.8. The van der Waals surface area contributed by atoms with E-state index in [0.29, 0.717) is 18.3 Å². The lowest BCUT2D eigenvalue weighted by molar-refractivity contribution is -0.132. The highest BCUT2D eigenvalue weighted by molar-refractivity contribution is 5.94. The maximum absolute atomic E-state index is 13.2. The number of nitrogens with one attached hydrogen (secondary N) is 2. The average Bonchev–Trinajstić information content (AvgIpc) is 3.13. The number of rotatable bonds is 4. The third-order valence-electron chi connectivity index (χ3n) is 7.51. The number of fused-ring (bicyclic) bond motifs is 2. The Morgan fingerprint density at radius 1 is 1.35 bits per heavy atom. The molecule has 2 aliphatic heterocycles. The largest absolute Gasteiger partial charge is 0.356 e. The maximum Gasteiger partial charge on any atom is 0.227 e. The zero-order valence-electron chi connectivity index (χ0n) is 18.6. The number of anilines is 1. The normalized spacial score (nSPS) is 27.3. The molecule has 5 nitrogen and oxygen atoms in total. The minimum absolute atomic E-state index is 0.261. The molecule has 0 bridgehead atoms. The number of amides is 1. The van der Waals surface area contributed by atoms with E-state index in [1.54, 1.807) is 11.1 Å². The van der Waals surface area contributed by atoms with Crippen molar-refractivity contribution in [2.24, 2.45) is 22.7 Å². The number of nitrogens with zero attached hydrogens (tertiary/aromatic N) is 2. The molecule has 5 heteroatoms. The van der Waals surface area contributed by atoms with E-state index in [2.05, 4.69) is 51.7 Å². The molecule has 4 aliphatic rings. The molecule has 0 radical (unpaired) electrons. The highest BCUT2D eigenvalue weighted by Gasteiger charge is 2.44. The Labute approximate surface area is 185 Å². The van der Waals surface area contributed by atoms with Crippen molar-refractivity contribution in [2.45, 2.75) is 45.4 Å². The molecule has 164 valence electrons. The van der Waals surface area contributed by atoms with Crippen LogP contribution in [0.25, 0.3) is 0 Å². The second kappa shape index (κ2) is 8.89. The van der Waals surface area contributed by atoms with Crippen LogP contribution in [-0.2, 0) is 11.2 Å². The number of benzene rings is 1. The van der Waals surface area contributed by atoms with Crippen LogP contribution >= 0.6 is 0 Å². The first-order valence-electron chi connectivity index (χ1n) is 12.0. The van der Waals surface area contributed by atoms with Gasteiger partial charge in [0.15, 0.2) is 5.96 Å². The summed E-state index contributed by atoms with van der Waals surface area (Å²) in [6.07, 6.45) is 11.0. The van der Waals surface area contributed by atoms with E-state index in [-0.39, 0.29) is 5.91 Å². The number of piperidine rings is 1. The first kappa shape index (κ1) is 20.3. The summed E-state index contributed by atoms with van der Waals surface area (Å²) in [5.41, 5.74) is 5.31. The number of aliphatic imine (C=N–C) groups is 1. The molecule has 2 aliphatic carbocycles. The average molecular weight is 419 g/mol. The Morgan fingerprint density at radius 3 is 3.13 bits per heavy atom. The molecule has 0 aromatic heterocycles. The zero-order chi connectivity index (χ0) is 21.2. The molecule has 0 spiro atoms. The van der Waals surface area contributed by atoms with Crippen molar-refractivity contribution in [3.05, 3.63) is 53.1 Å². The Morgan fingerprint density at radius 2 is 2.29 bits per heavy atom. The molecule has 31 heavy (non-hydrogen) atoms. The summed E-state index contributed by atoms with van der Waals surface area (Å²) in [6, 6.07) is 8.20. The Balaban J connectivity index is 1.25. The number of guanidine groups is 1.